The number of hydrogen-bond acceptors (Lipinski definition) is 3. The van der Waals surface area contributed by atoms with Crippen molar-refractivity contribution in [2.24, 2.45) is 5.92 Å². The summed E-state index contributed by atoms with van der Waals surface area (Å²) in [5.41, 5.74) is 1.12. The van der Waals surface area contributed by atoms with Gasteiger partial charge in [-0.15, -0.1) is 0 Å². The first-order valence-electron chi connectivity index (χ1n) is 8.96. The molecule has 1 N–H and O–H groups in total. The third-order valence-electron chi connectivity index (χ3n) is 4.77. The zero-order chi connectivity index (χ0) is 17.4. The minimum absolute atomic E-state index is 0.105. The van der Waals surface area contributed by atoms with Gasteiger partial charge in [0.05, 0.1) is 0 Å². The highest BCUT2D eigenvalue weighted by Crippen LogP contribution is 2.26. The van der Waals surface area contributed by atoms with E-state index in [1.165, 1.54) is 12.1 Å². The SMILES string of the molecule is CCOCCCNC(=O)C1CCN(C(C)c2ccc(F)cc2)CC1. The number of carbonyl (C=O) groups excluding carboxylic acids is 1. The average Bonchev–Trinajstić information content (AvgIpc) is 2.61. The number of rotatable bonds is 8. The maximum Gasteiger partial charge on any atom is 0.223 e. The van der Waals surface area contributed by atoms with Crippen LogP contribution in [0, 0.1) is 11.7 Å². The standard InChI is InChI=1S/C19H29FN2O2/c1-3-24-14-4-11-21-19(23)17-9-12-22(13-10-17)15(2)16-5-7-18(20)8-6-16/h5-8,15,17H,3-4,9-14H2,1-2H3,(H,21,23). The fourth-order valence-corrected chi connectivity index (χ4v) is 3.18. The number of likely N-dealkylation sites (tertiary alicyclic amines) is 1. The van der Waals surface area contributed by atoms with Crippen molar-refractivity contribution < 1.29 is 13.9 Å². The van der Waals surface area contributed by atoms with E-state index in [2.05, 4.69) is 17.1 Å². The van der Waals surface area contributed by atoms with Gasteiger partial charge in [0, 0.05) is 31.7 Å². The third-order valence-corrected chi connectivity index (χ3v) is 4.77. The molecule has 134 valence electrons. The molecule has 1 aromatic carbocycles. The van der Waals surface area contributed by atoms with E-state index < -0.39 is 0 Å². The van der Waals surface area contributed by atoms with Crippen LogP contribution in [-0.4, -0.2) is 43.7 Å². The quantitative estimate of drug-likeness (QED) is 0.742. The zero-order valence-electron chi connectivity index (χ0n) is 14.8. The zero-order valence-corrected chi connectivity index (χ0v) is 14.8. The van der Waals surface area contributed by atoms with Gasteiger partial charge in [0.1, 0.15) is 5.82 Å². The molecule has 1 amide bonds. The predicted molar refractivity (Wildman–Crippen MR) is 93.2 cm³/mol. The molecule has 0 aromatic heterocycles. The number of nitrogens with one attached hydrogen (secondary N) is 1. The highest BCUT2D eigenvalue weighted by atomic mass is 19.1. The highest BCUT2D eigenvalue weighted by molar-refractivity contribution is 5.78. The van der Waals surface area contributed by atoms with E-state index in [9.17, 15) is 9.18 Å². The second kappa shape index (κ2) is 9.74. The van der Waals surface area contributed by atoms with Crippen molar-refractivity contribution in [2.45, 2.75) is 39.2 Å². The molecule has 1 unspecified atom stereocenters. The number of amides is 1. The normalized spacial score (nSPS) is 17.6. The van der Waals surface area contributed by atoms with Crippen LogP contribution >= 0.6 is 0 Å². The molecule has 1 saturated heterocycles. The van der Waals surface area contributed by atoms with Gasteiger partial charge in [-0.3, -0.25) is 9.69 Å². The van der Waals surface area contributed by atoms with Crippen molar-refractivity contribution in [3.05, 3.63) is 35.6 Å². The summed E-state index contributed by atoms with van der Waals surface area (Å²) in [6, 6.07) is 6.96. The molecule has 1 atom stereocenters. The van der Waals surface area contributed by atoms with Crippen LogP contribution in [0.1, 0.15) is 44.7 Å². The molecule has 1 fully saturated rings. The minimum Gasteiger partial charge on any atom is -0.382 e. The summed E-state index contributed by atoms with van der Waals surface area (Å²) in [6.45, 7) is 8.01. The third kappa shape index (κ3) is 5.56. The lowest BCUT2D eigenvalue weighted by Crippen LogP contribution is -2.41. The van der Waals surface area contributed by atoms with Crippen molar-refractivity contribution in [1.29, 1.82) is 0 Å². The molecule has 5 heteroatoms. The lowest BCUT2D eigenvalue weighted by Gasteiger charge is -2.35. The van der Waals surface area contributed by atoms with Gasteiger partial charge >= 0.3 is 0 Å². The van der Waals surface area contributed by atoms with Gasteiger partial charge in [-0.05, 0) is 63.9 Å². The molecular formula is C19H29FN2O2. The van der Waals surface area contributed by atoms with Gasteiger partial charge in [0.2, 0.25) is 5.91 Å². The van der Waals surface area contributed by atoms with Crippen LogP contribution in [0.5, 0.6) is 0 Å². The number of halogens is 1. The molecule has 4 nitrogen and oxygen atoms in total. The molecule has 24 heavy (non-hydrogen) atoms. The first-order chi connectivity index (χ1) is 11.6. The van der Waals surface area contributed by atoms with Crippen molar-refractivity contribution in [3.63, 3.8) is 0 Å². The first-order valence-corrected chi connectivity index (χ1v) is 8.96. The molecular weight excluding hydrogens is 307 g/mol. The Morgan fingerprint density at radius 2 is 2.00 bits per heavy atom. The Balaban J connectivity index is 1.72. The number of carbonyl (C=O) groups is 1. The van der Waals surface area contributed by atoms with Crippen LogP contribution in [-0.2, 0) is 9.53 Å². The van der Waals surface area contributed by atoms with Crippen LogP contribution < -0.4 is 5.32 Å². The molecule has 1 aliphatic rings. The van der Waals surface area contributed by atoms with E-state index in [-0.39, 0.29) is 23.7 Å². The minimum atomic E-state index is -0.203. The van der Waals surface area contributed by atoms with E-state index in [0.717, 1.165) is 44.5 Å². The van der Waals surface area contributed by atoms with E-state index >= 15 is 0 Å². The van der Waals surface area contributed by atoms with Crippen molar-refractivity contribution in [1.82, 2.24) is 10.2 Å². The summed E-state index contributed by atoms with van der Waals surface area (Å²) < 4.78 is 18.3. The van der Waals surface area contributed by atoms with Gasteiger partial charge in [-0.2, -0.15) is 0 Å². The summed E-state index contributed by atoms with van der Waals surface area (Å²) in [6.07, 6.45) is 2.62. The molecule has 0 aliphatic carbocycles. The van der Waals surface area contributed by atoms with E-state index in [4.69, 9.17) is 4.74 Å². The maximum absolute atomic E-state index is 13.0. The smallest absolute Gasteiger partial charge is 0.223 e. The van der Waals surface area contributed by atoms with Gasteiger partial charge in [-0.1, -0.05) is 12.1 Å². The molecule has 0 saturated carbocycles. The number of piperidine rings is 1. The predicted octanol–water partition coefficient (Wildman–Crippen LogP) is 3.14. The van der Waals surface area contributed by atoms with E-state index in [1.54, 1.807) is 0 Å². The van der Waals surface area contributed by atoms with Gasteiger partial charge in [-0.25, -0.2) is 4.39 Å². The fraction of sp³-hybridized carbons (Fsp3) is 0.632. The lowest BCUT2D eigenvalue weighted by atomic mass is 9.94. The Bertz CT molecular complexity index is 499. The molecule has 2 rings (SSSR count). The van der Waals surface area contributed by atoms with Gasteiger partial charge in [0.15, 0.2) is 0 Å². The molecule has 1 heterocycles. The van der Waals surface area contributed by atoms with Crippen LogP contribution in [0.2, 0.25) is 0 Å². The molecule has 0 bridgehead atoms. The number of hydrogen-bond donors (Lipinski definition) is 1. The van der Waals surface area contributed by atoms with Crippen LogP contribution in [0.4, 0.5) is 4.39 Å². The second-order valence-electron chi connectivity index (χ2n) is 6.38. The number of nitrogens with zero attached hydrogens (tertiary/aromatic N) is 1. The summed E-state index contributed by atoms with van der Waals surface area (Å²) in [5.74, 6) is 0.0695. The Labute approximate surface area is 144 Å². The Morgan fingerprint density at radius 3 is 2.62 bits per heavy atom. The van der Waals surface area contributed by atoms with Crippen molar-refractivity contribution >= 4 is 5.91 Å². The van der Waals surface area contributed by atoms with Crippen LogP contribution in [0.25, 0.3) is 0 Å². The van der Waals surface area contributed by atoms with E-state index in [0.29, 0.717) is 13.2 Å². The molecule has 1 aliphatic heterocycles. The summed E-state index contributed by atoms with van der Waals surface area (Å²) in [5, 5.41) is 3.01. The number of ether oxygens (including phenoxy) is 1. The Hall–Kier alpha value is -1.46. The number of benzene rings is 1. The maximum atomic E-state index is 13.0. The lowest BCUT2D eigenvalue weighted by molar-refractivity contribution is -0.126. The topological polar surface area (TPSA) is 41.6 Å². The van der Waals surface area contributed by atoms with Crippen molar-refractivity contribution in [2.75, 3.05) is 32.8 Å². The van der Waals surface area contributed by atoms with Gasteiger partial charge < -0.3 is 10.1 Å². The Morgan fingerprint density at radius 1 is 1.33 bits per heavy atom. The van der Waals surface area contributed by atoms with Gasteiger partial charge in [0.25, 0.3) is 0 Å². The van der Waals surface area contributed by atoms with E-state index in [1.807, 2.05) is 19.1 Å². The van der Waals surface area contributed by atoms with Crippen LogP contribution in [0.3, 0.4) is 0 Å². The summed E-state index contributed by atoms with van der Waals surface area (Å²) in [7, 11) is 0. The highest BCUT2D eigenvalue weighted by Gasteiger charge is 2.27. The summed E-state index contributed by atoms with van der Waals surface area (Å²) >= 11 is 0. The molecule has 1 aromatic rings. The molecule has 0 spiro atoms. The first kappa shape index (κ1) is 18.9. The largest absolute Gasteiger partial charge is 0.382 e. The van der Waals surface area contributed by atoms with Crippen LogP contribution in [0.15, 0.2) is 24.3 Å². The Kier molecular flexibility index (Phi) is 7.66. The fourth-order valence-electron chi connectivity index (χ4n) is 3.18. The second-order valence-corrected chi connectivity index (χ2v) is 6.38. The summed E-state index contributed by atoms with van der Waals surface area (Å²) in [4.78, 5) is 14.6. The molecule has 0 radical (unpaired) electrons. The monoisotopic (exact) mass is 336 g/mol. The van der Waals surface area contributed by atoms with Crippen molar-refractivity contribution in [3.8, 4) is 0 Å². The average molecular weight is 336 g/mol.